The summed E-state index contributed by atoms with van der Waals surface area (Å²) in [5.74, 6) is 0.707. The molecule has 0 spiro atoms. The highest BCUT2D eigenvalue weighted by atomic mass is 16.5. The zero-order chi connectivity index (χ0) is 12.4. The van der Waals surface area contributed by atoms with Gasteiger partial charge < -0.3 is 15.4 Å². The number of amides is 1. The van der Waals surface area contributed by atoms with E-state index in [0.29, 0.717) is 18.5 Å². The highest BCUT2D eigenvalue weighted by molar-refractivity contribution is 5.77. The first-order chi connectivity index (χ1) is 7.56. The minimum atomic E-state index is 0.0740. The van der Waals surface area contributed by atoms with Crippen molar-refractivity contribution in [3.05, 3.63) is 0 Å². The van der Waals surface area contributed by atoms with E-state index in [-0.39, 0.29) is 5.91 Å². The van der Waals surface area contributed by atoms with Gasteiger partial charge in [0.05, 0.1) is 6.54 Å². The van der Waals surface area contributed by atoms with E-state index in [1.54, 1.807) is 7.11 Å². The van der Waals surface area contributed by atoms with Gasteiger partial charge in [-0.15, -0.1) is 0 Å². The van der Waals surface area contributed by atoms with E-state index < -0.39 is 0 Å². The van der Waals surface area contributed by atoms with Gasteiger partial charge in [-0.3, -0.25) is 4.79 Å². The fourth-order valence-corrected chi connectivity index (χ4v) is 1.23. The molecule has 0 rings (SSSR count). The molecule has 4 heteroatoms. The lowest BCUT2D eigenvalue weighted by molar-refractivity contribution is -0.120. The molecule has 0 aliphatic rings. The highest BCUT2D eigenvalue weighted by Gasteiger charge is 2.05. The van der Waals surface area contributed by atoms with E-state index in [0.717, 1.165) is 26.0 Å². The van der Waals surface area contributed by atoms with Crippen LogP contribution in [0.2, 0.25) is 0 Å². The molecule has 2 N–H and O–H groups in total. The molecule has 0 heterocycles. The van der Waals surface area contributed by atoms with Crippen LogP contribution in [0, 0.1) is 5.92 Å². The number of hydrogen-bond donors (Lipinski definition) is 2. The SMILES string of the molecule is COCCC(C)NCC(=O)NCCC(C)C. The molecule has 1 unspecified atom stereocenters. The standard InChI is InChI=1S/C12H26N2O2/c1-10(2)5-7-13-12(15)9-14-11(3)6-8-16-4/h10-11,14H,5-9H2,1-4H3,(H,13,15). The van der Waals surface area contributed by atoms with Crippen LogP contribution in [-0.2, 0) is 9.53 Å². The van der Waals surface area contributed by atoms with Gasteiger partial charge in [-0.05, 0) is 25.7 Å². The van der Waals surface area contributed by atoms with Crippen molar-refractivity contribution in [3.8, 4) is 0 Å². The first kappa shape index (κ1) is 15.4. The summed E-state index contributed by atoms with van der Waals surface area (Å²) in [6.07, 6.45) is 1.96. The molecule has 96 valence electrons. The smallest absolute Gasteiger partial charge is 0.233 e. The summed E-state index contributed by atoms with van der Waals surface area (Å²) in [7, 11) is 1.69. The van der Waals surface area contributed by atoms with Gasteiger partial charge in [0.1, 0.15) is 0 Å². The van der Waals surface area contributed by atoms with Crippen LogP contribution in [0.1, 0.15) is 33.6 Å². The van der Waals surface area contributed by atoms with E-state index in [4.69, 9.17) is 4.74 Å². The van der Waals surface area contributed by atoms with E-state index in [1.165, 1.54) is 0 Å². The Morgan fingerprint density at radius 2 is 1.94 bits per heavy atom. The molecule has 0 saturated heterocycles. The Kier molecular flexibility index (Phi) is 9.24. The lowest BCUT2D eigenvalue weighted by Gasteiger charge is -2.13. The normalized spacial score (nSPS) is 12.8. The Bertz CT molecular complexity index is 184. The highest BCUT2D eigenvalue weighted by Crippen LogP contribution is 1.96. The Labute approximate surface area is 99.1 Å². The minimum Gasteiger partial charge on any atom is -0.385 e. The molecule has 0 aromatic carbocycles. The summed E-state index contributed by atoms with van der Waals surface area (Å²) in [5, 5.41) is 6.06. The maximum absolute atomic E-state index is 11.4. The van der Waals surface area contributed by atoms with Crippen molar-refractivity contribution < 1.29 is 9.53 Å². The fraction of sp³-hybridized carbons (Fsp3) is 0.917. The number of rotatable bonds is 9. The predicted octanol–water partition coefficient (Wildman–Crippen LogP) is 1.16. The van der Waals surface area contributed by atoms with Crippen LogP contribution < -0.4 is 10.6 Å². The van der Waals surface area contributed by atoms with E-state index in [9.17, 15) is 4.79 Å². The van der Waals surface area contributed by atoms with Gasteiger partial charge >= 0.3 is 0 Å². The van der Waals surface area contributed by atoms with Gasteiger partial charge in [0.25, 0.3) is 0 Å². The average molecular weight is 230 g/mol. The van der Waals surface area contributed by atoms with Gasteiger partial charge in [-0.25, -0.2) is 0 Å². The third kappa shape index (κ3) is 9.93. The Hall–Kier alpha value is -0.610. The lowest BCUT2D eigenvalue weighted by Crippen LogP contribution is -2.38. The summed E-state index contributed by atoms with van der Waals surface area (Å²) in [6.45, 7) is 8.24. The number of hydrogen-bond acceptors (Lipinski definition) is 3. The molecule has 0 aliphatic heterocycles. The zero-order valence-corrected chi connectivity index (χ0v) is 11.0. The second kappa shape index (κ2) is 9.60. The molecule has 4 nitrogen and oxygen atoms in total. The second-order valence-corrected chi connectivity index (χ2v) is 4.60. The number of methoxy groups -OCH3 is 1. The van der Waals surface area contributed by atoms with Crippen LogP contribution in [-0.4, -0.2) is 38.8 Å². The first-order valence-electron chi connectivity index (χ1n) is 6.05. The Morgan fingerprint density at radius 1 is 1.25 bits per heavy atom. The van der Waals surface area contributed by atoms with Gasteiger partial charge in [-0.1, -0.05) is 13.8 Å². The van der Waals surface area contributed by atoms with Crippen LogP contribution in [0.25, 0.3) is 0 Å². The number of carbonyl (C=O) groups excluding carboxylic acids is 1. The minimum absolute atomic E-state index is 0.0740. The molecule has 1 atom stereocenters. The van der Waals surface area contributed by atoms with Crippen LogP contribution in [0.3, 0.4) is 0 Å². The van der Waals surface area contributed by atoms with Gasteiger partial charge in [0, 0.05) is 26.3 Å². The average Bonchev–Trinajstić information content (AvgIpc) is 2.23. The summed E-state index contributed by atoms with van der Waals surface area (Å²) >= 11 is 0. The number of nitrogens with one attached hydrogen (secondary N) is 2. The van der Waals surface area contributed by atoms with Crippen LogP contribution >= 0.6 is 0 Å². The van der Waals surface area contributed by atoms with E-state index >= 15 is 0 Å². The molecule has 0 saturated carbocycles. The third-order valence-corrected chi connectivity index (χ3v) is 2.41. The predicted molar refractivity (Wildman–Crippen MR) is 66.4 cm³/mol. The van der Waals surface area contributed by atoms with Gasteiger partial charge in [-0.2, -0.15) is 0 Å². The Balaban J connectivity index is 3.42. The molecule has 0 bridgehead atoms. The summed E-state index contributed by atoms with van der Waals surface area (Å²) in [6, 6.07) is 0.316. The maximum Gasteiger partial charge on any atom is 0.233 e. The number of ether oxygens (including phenoxy) is 1. The molecular formula is C12H26N2O2. The van der Waals surface area contributed by atoms with E-state index in [1.807, 2.05) is 0 Å². The molecule has 0 aromatic rings. The largest absolute Gasteiger partial charge is 0.385 e. The van der Waals surface area contributed by atoms with E-state index in [2.05, 4.69) is 31.4 Å². The lowest BCUT2D eigenvalue weighted by atomic mass is 10.1. The quantitative estimate of drug-likeness (QED) is 0.625. The summed E-state index contributed by atoms with van der Waals surface area (Å²) in [4.78, 5) is 11.4. The monoisotopic (exact) mass is 230 g/mol. The summed E-state index contributed by atoms with van der Waals surface area (Å²) < 4.78 is 4.97. The van der Waals surface area contributed by atoms with Crippen LogP contribution in [0.4, 0.5) is 0 Å². The third-order valence-electron chi connectivity index (χ3n) is 2.41. The number of carbonyl (C=O) groups is 1. The fourth-order valence-electron chi connectivity index (χ4n) is 1.23. The summed E-state index contributed by atoms with van der Waals surface area (Å²) in [5.41, 5.74) is 0. The van der Waals surface area contributed by atoms with Crippen molar-refractivity contribution in [1.82, 2.24) is 10.6 Å². The van der Waals surface area contributed by atoms with Crippen molar-refractivity contribution in [2.24, 2.45) is 5.92 Å². The van der Waals surface area contributed by atoms with Crippen molar-refractivity contribution in [2.75, 3.05) is 26.8 Å². The van der Waals surface area contributed by atoms with Crippen molar-refractivity contribution in [1.29, 1.82) is 0 Å². The molecule has 1 amide bonds. The molecule has 0 aliphatic carbocycles. The molecular weight excluding hydrogens is 204 g/mol. The van der Waals surface area contributed by atoms with Crippen molar-refractivity contribution >= 4 is 5.91 Å². The molecule has 0 aromatic heterocycles. The second-order valence-electron chi connectivity index (χ2n) is 4.60. The topological polar surface area (TPSA) is 50.4 Å². The zero-order valence-electron chi connectivity index (χ0n) is 11.0. The van der Waals surface area contributed by atoms with Gasteiger partial charge in [0.15, 0.2) is 0 Å². The van der Waals surface area contributed by atoms with Crippen molar-refractivity contribution in [2.45, 2.75) is 39.7 Å². The van der Waals surface area contributed by atoms with Crippen LogP contribution in [0.5, 0.6) is 0 Å². The van der Waals surface area contributed by atoms with Crippen molar-refractivity contribution in [3.63, 3.8) is 0 Å². The van der Waals surface area contributed by atoms with Gasteiger partial charge in [0.2, 0.25) is 5.91 Å². The Morgan fingerprint density at radius 3 is 2.50 bits per heavy atom. The molecule has 0 radical (unpaired) electrons. The molecule has 16 heavy (non-hydrogen) atoms. The van der Waals surface area contributed by atoms with Crippen LogP contribution in [0.15, 0.2) is 0 Å². The maximum atomic E-state index is 11.4. The molecule has 0 fully saturated rings. The first-order valence-corrected chi connectivity index (χ1v) is 6.05.